The number of nitrogens with one attached hydrogen (secondary N) is 3. The summed E-state index contributed by atoms with van der Waals surface area (Å²) in [5.41, 5.74) is 1.31. The van der Waals surface area contributed by atoms with E-state index in [0.29, 0.717) is 31.0 Å². The highest BCUT2D eigenvalue weighted by Gasteiger charge is 2.20. The van der Waals surface area contributed by atoms with Gasteiger partial charge in [-0.2, -0.15) is 0 Å². The Hall–Kier alpha value is -1.63. The second-order valence-corrected chi connectivity index (χ2v) is 6.56. The van der Waals surface area contributed by atoms with Crippen molar-refractivity contribution in [3.63, 3.8) is 0 Å². The summed E-state index contributed by atoms with van der Waals surface area (Å²) in [6.07, 6.45) is 4.25. The first-order chi connectivity index (χ1) is 11.7. The van der Waals surface area contributed by atoms with Gasteiger partial charge in [-0.05, 0) is 62.4 Å². The molecule has 2 amide bonds. The third-order valence-corrected chi connectivity index (χ3v) is 4.40. The molecule has 25 heavy (non-hydrogen) atoms. The van der Waals surface area contributed by atoms with Gasteiger partial charge in [0.05, 0.1) is 6.54 Å². The zero-order chi connectivity index (χ0) is 16.8. The lowest BCUT2D eigenvalue weighted by Crippen LogP contribution is -2.38. The number of amides is 2. The standard InChI is InChI=1S/C18H25N3O3.ClH/c22-17(12-19-11-13-1-2-13)20-15-5-3-14(4-6-15)18(23)21-16-7-9-24-10-8-16;/h3-6,13,16,19H,1-2,7-12H2,(H,20,22)(H,21,23);1H. The van der Waals surface area contributed by atoms with E-state index < -0.39 is 0 Å². The number of hydrogen-bond acceptors (Lipinski definition) is 4. The minimum absolute atomic E-state index is 0. The predicted molar refractivity (Wildman–Crippen MR) is 99.2 cm³/mol. The summed E-state index contributed by atoms with van der Waals surface area (Å²) in [6, 6.07) is 7.18. The number of ether oxygens (including phenoxy) is 1. The van der Waals surface area contributed by atoms with Crippen molar-refractivity contribution in [2.45, 2.75) is 31.7 Å². The minimum Gasteiger partial charge on any atom is -0.381 e. The van der Waals surface area contributed by atoms with Gasteiger partial charge in [-0.25, -0.2) is 0 Å². The van der Waals surface area contributed by atoms with E-state index in [4.69, 9.17) is 4.74 Å². The van der Waals surface area contributed by atoms with Gasteiger partial charge >= 0.3 is 0 Å². The van der Waals surface area contributed by atoms with Crippen molar-refractivity contribution in [3.8, 4) is 0 Å². The lowest BCUT2D eigenvalue weighted by Gasteiger charge is -2.23. The van der Waals surface area contributed by atoms with Crippen LogP contribution in [0, 0.1) is 5.92 Å². The van der Waals surface area contributed by atoms with E-state index in [1.807, 2.05) is 0 Å². The molecule has 2 aliphatic rings. The largest absolute Gasteiger partial charge is 0.381 e. The normalized spacial score (nSPS) is 17.4. The van der Waals surface area contributed by atoms with Gasteiger partial charge in [-0.3, -0.25) is 9.59 Å². The highest BCUT2D eigenvalue weighted by molar-refractivity contribution is 5.96. The molecule has 0 bridgehead atoms. The van der Waals surface area contributed by atoms with Gasteiger partial charge in [-0.15, -0.1) is 12.4 Å². The summed E-state index contributed by atoms with van der Waals surface area (Å²) in [4.78, 5) is 24.0. The van der Waals surface area contributed by atoms with Gasteiger partial charge in [0.15, 0.2) is 0 Å². The summed E-state index contributed by atoms with van der Waals surface area (Å²) in [5.74, 6) is 0.618. The van der Waals surface area contributed by atoms with Crippen LogP contribution in [-0.4, -0.2) is 44.2 Å². The highest BCUT2D eigenvalue weighted by atomic mass is 35.5. The van der Waals surface area contributed by atoms with E-state index in [2.05, 4.69) is 16.0 Å². The van der Waals surface area contributed by atoms with Gasteiger partial charge in [0, 0.05) is 30.5 Å². The third-order valence-electron chi connectivity index (χ3n) is 4.40. The maximum Gasteiger partial charge on any atom is 0.251 e. The molecule has 1 aromatic rings. The van der Waals surface area contributed by atoms with Gasteiger partial charge in [0.1, 0.15) is 0 Å². The zero-order valence-electron chi connectivity index (χ0n) is 14.3. The molecule has 1 heterocycles. The molecule has 3 N–H and O–H groups in total. The molecule has 1 saturated heterocycles. The van der Waals surface area contributed by atoms with Crippen LogP contribution in [0.15, 0.2) is 24.3 Å². The Kier molecular flexibility index (Phi) is 7.68. The van der Waals surface area contributed by atoms with Crippen LogP contribution in [0.25, 0.3) is 0 Å². The molecule has 7 heteroatoms. The molecule has 138 valence electrons. The second-order valence-electron chi connectivity index (χ2n) is 6.56. The maximum atomic E-state index is 12.2. The van der Waals surface area contributed by atoms with E-state index in [-0.39, 0.29) is 30.3 Å². The lowest BCUT2D eigenvalue weighted by molar-refractivity contribution is -0.115. The SMILES string of the molecule is Cl.O=C(CNCC1CC1)Nc1ccc(C(=O)NC2CCOCC2)cc1. The van der Waals surface area contributed by atoms with E-state index in [9.17, 15) is 9.59 Å². The van der Waals surface area contributed by atoms with Crippen molar-refractivity contribution in [3.05, 3.63) is 29.8 Å². The van der Waals surface area contributed by atoms with Gasteiger partial charge in [-0.1, -0.05) is 0 Å². The minimum atomic E-state index is -0.0779. The fourth-order valence-electron chi connectivity index (χ4n) is 2.73. The molecule has 0 aromatic heterocycles. The molecular formula is C18H26ClN3O3. The lowest BCUT2D eigenvalue weighted by atomic mass is 10.1. The van der Waals surface area contributed by atoms with Crippen LogP contribution in [0.3, 0.4) is 0 Å². The summed E-state index contributed by atoms with van der Waals surface area (Å²) in [5, 5.41) is 9.01. The van der Waals surface area contributed by atoms with Crippen LogP contribution < -0.4 is 16.0 Å². The summed E-state index contributed by atoms with van der Waals surface area (Å²) in [6.45, 7) is 2.64. The molecule has 0 atom stereocenters. The maximum absolute atomic E-state index is 12.2. The predicted octanol–water partition coefficient (Wildman–Crippen LogP) is 1.96. The number of anilines is 1. The van der Waals surface area contributed by atoms with Crippen LogP contribution in [0.2, 0.25) is 0 Å². The van der Waals surface area contributed by atoms with E-state index in [1.54, 1.807) is 24.3 Å². The number of benzene rings is 1. The average Bonchev–Trinajstić information content (AvgIpc) is 3.41. The fraction of sp³-hybridized carbons (Fsp3) is 0.556. The van der Waals surface area contributed by atoms with Gasteiger partial charge in [0.2, 0.25) is 5.91 Å². The summed E-state index contributed by atoms with van der Waals surface area (Å²) < 4.78 is 5.29. The monoisotopic (exact) mass is 367 g/mol. The van der Waals surface area contributed by atoms with Crippen molar-refractivity contribution in [2.24, 2.45) is 5.92 Å². The highest BCUT2D eigenvalue weighted by Crippen LogP contribution is 2.27. The Morgan fingerprint density at radius 1 is 1.04 bits per heavy atom. The van der Waals surface area contributed by atoms with Crippen molar-refractivity contribution in [1.29, 1.82) is 0 Å². The van der Waals surface area contributed by atoms with Crippen LogP contribution in [-0.2, 0) is 9.53 Å². The quantitative estimate of drug-likeness (QED) is 0.688. The van der Waals surface area contributed by atoms with E-state index in [1.165, 1.54) is 12.8 Å². The topological polar surface area (TPSA) is 79.5 Å². The molecule has 0 spiro atoms. The Bertz CT molecular complexity index is 569. The molecule has 1 saturated carbocycles. The first-order valence-corrected chi connectivity index (χ1v) is 8.70. The number of hydrogen-bond donors (Lipinski definition) is 3. The number of carbonyl (C=O) groups is 2. The van der Waals surface area contributed by atoms with Crippen LogP contribution in [0.4, 0.5) is 5.69 Å². The van der Waals surface area contributed by atoms with Crippen LogP contribution in [0.5, 0.6) is 0 Å². The van der Waals surface area contributed by atoms with Crippen LogP contribution in [0.1, 0.15) is 36.0 Å². The zero-order valence-corrected chi connectivity index (χ0v) is 15.1. The van der Waals surface area contributed by atoms with Crippen molar-refractivity contribution in [1.82, 2.24) is 10.6 Å². The van der Waals surface area contributed by atoms with E-state index in [0.717, 1.165) is 25.3 Å². The van der Waals surface area contributed by atoms with Crippen LogP contribution >= 0.6 is 12.4 Å². The molecule has 0 unspecified atom stereocenters. The third kappa shape index (κ3) is 6.65. The molecule has 6 nitrogen and oxygen atoms in total. The van der Waals surface area contributed by atoms with Crippen molar-refractivity contribution >= 4 is 29.9 Å². The number of rotatable bonds is 7. The number of carbonyl (C=O) groups excluding carboxylic acids is 2. The molecule has 1 aliphatic heterocycles. The smallest absolute Gasteiger partial charge is 0.251 e. The molecule has 3 rings (SSSR count). The fourth-order valence-corrected chi connectivity index (χ4v) is 2.73. The molecule has 1 aromatic carbocycles. The molecular weight excluding hydrogens is 342 g/mol. The summed E-state index contributed by atoms with van der Waals surface area (Å²) >= 11 is 0. The van der Waals surface area contributed by atoms with Crippen molar-refractivity contribution < 1.29 is 14.3 Å². The first-order valence-electron chi connectivity index (χ1n) is 8.70. The molecule has 0 radical (unpaired) electrons. The van der Waals surface area contributed by atoms with E-state index >= 15 is 0 Å². The Labute approximate surface area is 154 Å². The molecule has 2 fully saturated rings. The van der Waals surface area contributed by atoms with Crippen molar-refractivity contribution in [2.75, 3.05) is 31.6 Å². The Morgan fingerprint density at radius 3 is 2.36 bits per heavy atom. The first kappa shape index (κ1) is 19.7. The molecule has 1 aliphatic carbocycles. The second kappa shape index (κ2) is 9.75. The summed E-state index contributed by atoms with van der Waals surface area (Å²) in [7, 11) is 0. The average molecular weight is 368 g/mol. The number of halogens is 1. The Balaban J connectivity index is 0.00000225. The van der Waals surface area contributed by atoms with Gasteiger partial charge < -0.3 is 20.7 Å². The van der Waals surface area contributed by atoms with Gasteiger partial charge in [0.25, 0.3) is 5.91 Å². The Morgan fingerprint density at radius 2 is 1.72 bits per heavy atom.